The molecule has 2 nitrogen and oxygen atoms in total. The number of nitrogen functional groups attached to an aromatic ring is 1. The van der Waals surface area contributed by atoms with Gasteiger partial charge in [0.1, 0.15) is 5.82 Å². The summed E-state index contributed by atoms with van der Waals surface area (Å²) in [5.74, 6) is -0.381. The van der Waals surface area contributed by atoms with E-state index in [9.17, 15) is 9.18 Å². The Morgan fingerprint density at radius 1 is 1.55 bits per heavy atom. The number of hydrogen-bond donors (Lipinski definition) is 1. The number of rotatable bonds is 1. The molecule has 1 aromatic carbocycles. The smallest absolute Gasteiger partial charge is 0.152 e. The van der Waals surface area contributed by atoms with E-state index in [0.717, 1.165) is 6.07 Å². The van der Waals surface area contributed by atoms with Crippen LogP contribution in [0, 0.1) is 12.7 Å². The van der Waals surface area contributed by atoms with E-state index in [2.05, 4.69) is 0 Å². The van der Waals surface area contributed by atoms with E-state index in [1.165, 1.54) is 6.07 Å². The lowest BCUT2D eigenvalue weighted by Crippen LogP contribution is -1.95. The van der Waals surface area contributed by atoms with Crippen molar-refractivity contribution in [2.24, 2.45) is 0 Å². The molecule has 0 spiro atoms. The minimum atomic E-state index is -0.381. The quantitative estimate of drug-likeness (QED) is 0.491. The van der Waals surface area contributed by atoms with E-state index in [1.54, 1.807) is 6.92 Å². The highest BCUT2D eigenvalue weighted by atomic mass is 19.1. The summed E-state index contributed by atoms with van der Waals surface area (Å²) in [5.41, 5.74) is 6.28. The average molecular weight is 153 g/mol. The van der Waals surface area contributed by atoms with Crippen molar-refractivity contribution in [2.75, 3.05) is 5.73 Å². The van der Waals surface area contributed by atoms with Crippen molar-refractivity contribution in [3.63, 3.8) is 0 Å². The SMILES string of the molecule is Cc1cc(C=O)c(N)cc1F. The summed E-state index contributed by atoms with van der Waals surface area (Å²) < 4.78 is 12.7. The van der Waals surface area contributed by atoms with Crippen molar-refractivity contribution in [1.82, 2.24) is 0 Å². The second-order valence-electron chi connectivity index (χ2n) is 2.35. The summed E-state index contributed by atoms with van der Waals surface area (Å²) in [7, 11) is 0. The van der Waals surface area contributed by atoms with Crippen LogP contribution in [0.5, 0.6) is 0 Å². The summed E-state index contributed by atoms with van der Waals surface area (Å²) in [6.07, 6.45) is 0.613. The van der Waals surface area contributed by atoms with Crippen molar-refractivity contribution >= 4 is 12.0 Å². The highest BCUT2D eigenvalue weighted by molar-refractivity contribution is 5.83. The molecule has 2 N–H and O–H groups in total. The third-order valence-electron chi connectivity index (χ3n) is 1.49. The van der Waals surface area contributed by atoms with Crippen molar-refractivity contribution in [3.05, 3.63) is 29.1 Å². The van der Waals surface area contributed by atoms with Gasteiger partial charge in [0.25, 0.3) is 0 Å². The van der Waals surface area contributed by atoms with E-state index < -0.39 is 0 Å². The fourth-order valence-electron chi connectivity index (χ4n) is 0.821. The third kappa shape index (κ3) is 1.37. The molecular formula is C8H8FNO. The van der Waals surface area contributed by atoms with E-state index in [4.69, 9.17) is 5.73 Å². The first kappa shape index (κ1) is 7.72. The van der Waals surface area contributed by atoms with Crippen LogP contribution in [0.2, 0.25) is 0 Å². The van der Waals surface area contributed by atoms with Crippen molar-refractivity contribution in [2.45, 2.75) is 6.92 Å². The number of benzene rings is 1. The highest BCUT2D eigenvalue weighted by Crippen LogP contribution is 2.15. The van der Waals surface area contributed by atoms with E-state index in [0.29, 0.717) is 17.4 Å². The Hall–Kier alpha value is -1.38. The van der Waals surface area contributed by atoms with Crippen molar-refractivity contribution in [1.29, 1.82) is 0 Å². The fourth-order valence-corrected chi connectivity index (χ4v) is 0.821. The molecule has 0 unspecified atom stereocenters. The molecular weight excluding hydrogens is 145 g/mol. The third-order valence-corrected chi connectivity index (χ3v) is 1.49. The Bertz CT molecular complexity index is 296. The van der Waals surface area contributed by atoms with Gasteiger partial charge in [0, 0.05) is 11.3 Å². The maximum Gasteiger partial charge on any atom is 0.152 e. The number of carbonyl (C=O) groups excluding carboxylic acids is 1. The standard InChI is InChI=1S/C8H8FNO/c1-5-2-6(4-11)8(10)3-7(5)9/h2-4H,10H2,1H3. The highest BCUT2D eigenvalue weighted by Gasteiger charge is 2.02. The predicted molar refractivity (Wildman–Crippen MR) is 40.9 cm³/mol. The molecule has 58 valence electrons. The molecule has 11 heavy (non-hydrogen) atoms. The largest absolute Gasteiger partial charge is 0.398 e. The van der Waals surface area contributed by atoms with Crippen LogP contribution >= 0.6 is 0 Å². The molecule has 0 bridgehead atoms. The molecule has 3 heteroatoms. The first-order valence-corrected chi connectivity index (χ1v) is 3.16. The second-order valence-corrected chi connectivity index (χ2v) is 2.35. The number of anilines is 1. The molecule has 0 aromatic heterocycles. The molecule has 1 aromatic rings. The molecule has 0 radical (unpaired) electrons. The lowest BCUT2D eigenvalue weighted by Gasteiger charge is -2.00. The van der Waals surface area contributed by atoms with Gasteiger partial charge in [0.2, 0.25) is 0 Å². The summed E-state index contributed by atoms with van der Waals surface area (Å²) in [5, 5.41) is 0. The lowest BCUT2D eigenvalue weighted by molar-refractivity contribution is 0.112. The zero-order valence-electron chi connectivity index (χ0n) is 6.10. The average Bonchev–Trinajstić information content (AvgIpc) is 1.97. The summed E-state index contributed by atoms with van der Waals surface area (Å²) in [6.45, 7) is 1.59. The van der Waals surface area contributed by atoms with Gasteiger partial charge in [-0.2, -0.15) is 0 Å². The molecule has 0 aliphatic carbocycles. The lowest BCUT2D eigenvalue weighted by atomic mass is 10.1. The summed E-state index contributed by atoms with van der Waals surface area (Å²) in [4.78, 5) is 10.3. The van der Waals surface area contributed by atoms with E-state index in [1.807, 2.05) is 0 Å². The van der Waals surface area contributed by atoms with Crippen LogP contribution in [0.3, 0.4) is 0 Å². The normalized spacial score (nSPS) is 9.64. The molecule has 1 rings (SSSR count). The fraction of sp³-hybridized carbons (Fsp3) is 0.125. The van der Waals surface area contributed by atoms with E-state index >= 15 is 0 Å². The summed E-state index contributed by atoms with van der Waals surface area (Å²) >= 11 is 0. The molecule has 0 saturated carbocycles. The maximum atomic E-state index is 12.7. The summed E-state index contributed by atoms with van der Waals surface area (Å²) in [6, 6.07) is 2.58. The Balaban J connectivity index is 3.31. The molecule has 0 amide bonds. The Morgan fingerprint density at radius 2 is 2.18 bits per heavy atom. The van der Waals surface area contributed by atoms with Gasteiger partial charge < -0.3 is 5.73 Å². The molecule has 0 heterocycles. The van der Waals surface area contributed by atoms with Crippen LogP contribution in [0.25, 0.3) is 0 Å². The van der Waals surface area contributed by atoms with Crippen LogP contribution in [0.1, 0.15) is 15.9 Å². The maximum absolute atomic E-state index is 12.7. The Kier molecular flexibility index (Phi) is 1.89. The number of aryl methyl sites for hydroxylation is 1. The van der Waals surface area contributed by atoms with Crippen LogP contribution in [0.4, 0.5) is 10.1 Å². The number of halogens is 1. The zero-order valence-corrected chi connectivity index (χ0v) is 6.10. The van der Waals surface area contributed by atoms with Crippen LogP contribution < -0.4 is 5.73 Å². The number of hydrogen-bond acceptors (Lipinski definition) is 2. The number of nitrogens with two attached hydrogens (primary N) is 1. The Labute approximate surface area is 63.8 Å². The van der Waals surface area contributed by atoms with Gasteiger partial charge in [0.15, 0.2) is 6.29 Å². The first-order valence-electron chi connectivity index (χ1n) is 3.16. The second kappa shape index (κ2) is 2.70. The topological polar surface area (TPSA) is 43.1 Å². The van der Waals surface area contributed by atoms with Crippen molar-refractivity contribution in [3.8, 4) is 0 Å². The van der Waals surface area contributed by atoms with Gasteiger partial charge >= 0.3 is 0 Å². The molecule has 0 aliphatic rings. The van der Waals surface area contributed by atoms with Crippen LogP contribution in [-0.2, 0) is 0 Å². The molecule has 0 saturated heterocycles. The van der Waals surface area contributed by atoms with Gasteiger partial charge in [-0.25, -0.2) is 4.39 Å². The minimum absolute atomic E-state index is 0.183. The number of carbonyl (C=O) groups is 1. The molecule has 0 fully saturated rings. The van der Waals surface area contributed by atoms with Gasteiger partial charge in [-0.1, -0.05) is 0 Å². The number of aldehydes is 1. The Morgan fingerprint density at radius 3 is 2.73 bits per heavy atom. The molecule has 0 aliphatic heterocycles. The van der Waals surface area contributed by atoms with Crippen LogP contribution in [0.15, 0.2) is 12.1 Å². The van der Waals surface area contributed by atoms with Crippen molar-refractivity contribution < 1.29 is 9.18 Å². The predicted octanol–water partition coefficient (Wildman–Crippen LogP) is 1.53. The van der Waals surface area contributed by atoms with Gasteiger partial charge in [0.05, 0.1) is 0 Å². The monoisotopic (exact) mass is 153 g/mol. The van der Waals surface area contributed by atoms with E-state index in [-0.39, 0.29) is 11.5 Å². The first-order chi connectivity index (χ1) is 5.15. The van der Waals surface area contributed by atoms with Gasteiger partial charge in [-0.3, -0.25) is 4.79 Å². The zero-order chi connectivity index (χ0) is 8.43. The minimum Gasteiger partial charge on any atom is -0.398 e. The van der Waals surface area contributed by atoms with Crippen LogP contribution in [-0.4, -0.2) is 6.29 Å². The molecule has 0 atom stereocenters. The van der Waals surface area contributed by atoms with Gasteiger partial charge in [-0.05, 0) is 24.6 Å². The van der Waals surface area contributed by atoms with Gasteiger partial charge in [-0.15, -0.1) is 0 Å².